The molecule has 30 heavy (non-hydrogen) atoms. The Kier molecular flexibility index (Phi) is 13.1. The van der Waals surface area contributed by atoms with Crippen molar-refractivity contribution in [3.63, 3.8) is 0 Å². The molecule has 0 aromatic heterocycles. The number of aliphatic imine (C=N–C) groups is 1. The van der Waals surface area contributed by atoms with Gasteiger partial charge >= 0.3 is 0 Å². The molecule has 0 spiro atoms. The van der Waals surface area contributed by atoms with Gasteiger partial charge in [-0.25, -0.2) is 0 Å². The Balaban J connectivity index is 0.00000450. The number of benzene rings is 2. The van der Waals surface area contributed by atoms with Crippen LogP contribution in [0, 0.1) is 6.92 Å². The number of nitrogens with one attached hydrogen (secondary N) is 2. The molecule has 0 aliphatic heterocycles. The summed E-state index contributed by atoms with van der Waals surface area (Å²) in [7, 11) is 3.47. The molecule has 0 fully saturated rings. The zero-order chi connectivity index (χ0) is 20.9. The predicted octanol–water partition coefficient (Wildman–Crippen LogP) is 4.08. The molecule has 1 atom stereocenters. The van der Waals surface area contributed by atoms with Gasteiger partial charge in [-0.15, -0.1) is 24.0 Å². The van der Waals surface area contributed by atoms with Gasteiger partial charge in [-0.3, -0.25) is 4.99 Å². The van der Waals surface area contributed by atoms with Crippen LogP contribution in [0.25, 0.3) is 0 Å². The molecule has 0 saturated carbocycles. The van der Waals surface area contributed by atoms with E-state index < -0.39 is 0 Å². The van der Waals surface area contributed by atoms with Crippen LogP contribution < -0.4 is 15.4 Å². The van der Waals surface area contributed by atoms with Gasteiger partial charge in [-0.2, -0.15) is 0 Å². The van der Waals surface area contributed by atoms with Gasteiger partial charge in [0, 0.05) is 39.4 Å². The zero-order valence-corrected chi connectivity index (χ0v) is 20.6. The summed E-state index contributed by atoms with van der Waals surface area (Å²) < 4.78 is 16.9. The van der Waals surface area contributed by atoms with Gasteiger partial charge in [0.25, 0.3) is 0 Å². The molecule has 0 bridgehead atoms. The fourth-order valence-corrected chi connectivity index (χ4v) is 2.89. The van der Waals surface area contributed by atoms with Gasteiger partial charge in [-0.1, -0.05) is 42.5 Å². The van der Waals surface area contributed by atoms with Gasteiger partial charge in [-0.05, 0) is 31.0 Å². The standard InChI is InChI=1S/C23H33N3O3.HI/c1-5-28-13-14-29-21-15-18(2)11-12-20(21)16-25-23(24-3)26-17-22(27-4)19-9-7-6-8-10-19;/h6-12,15,22H,5,13-14,16-17H2,1-4H3,(H2,24,25,26);1H. The average Bonchev–Trinajstić information content (AvgIpc) is 2.75. The summed E-state index contributed by atoms with van der Waals surface area (Å²) >= 11 is 0. The number of ether oxygens (including phenoxy) is 3. The van der Waals surface area contributed by atoms with E-state index in [2.05, 4.69) is 52.9 Å². The molecule has 7 heteroatoms. The molecule has 0 saturated heterocycles. The summed E-state index contributed by atoms with van der Waals surface area (Å²) in [6.07, 6.45) is -0.0495. The Labute approximate surface area is 197 Å². The van der Waals surface area contributed by atoms with Crippen LogP contribution >= 0.6 is 24.0 Å². The number of nitrogens with zero attached hydrogens (tertiary/aromatic N) is 1. The maximum atomic E-state index is 5.91. The number of halogens is 1. The Morgan fingerprint density at radius 3 is 2.50 bits per heavy atom. The van der Waals surface area contributed by atoms with Crippen molar-refractivity contribution in [2.75, 3.05) is 40.5 Å². The molecule has 0 aliphatic rings. The molecule has 2 aromatic rings. The second-order valence-corrected chi connectivity index (χ2v) is 6.60. The highest BCUT2D eigenvalue weighted by Gasteiger charge is 2.11. The van der Waals surface area contributed by atoms with Crippen molar-refractivity contribution < 1.29 is 14.2 Å². The maximum Gasteiger partial charge on any atom is 0.191 e. The number of rotatable bonds is 11. The number of guanidine groups is 1. The molecule has 0 radical (unpaired) electrons. The highest BCUT2D eigenvalue weighted by molar-refractivity contribution is 14.0. The summed E-state index contributed by atoms with van der Waals surface area (Å²) in [5, 5.41) is 6.68. The predicted molar refractivity (Wildman–Crippen MR) is 133 cm³/mol. The van der Waals surface area contributed by atoms with Crippen molar-refractivity contribution in [3.8, 4) is 5.75 Å². The van der Waals surface area contributed by atoms with Gasteiger partial charge in [0.1, 0.15) is 12.4 Å². The Morgan fingerprint density at radius 1 is 1.07 bits per heavy atom. The molecule has 1 unspecified atom stereocenters. The van der Waals surface area contributed by atoms with E-state index in [4.69, 9.17) is 14.2 Å². The minimum atomic E-state index is -0.0495. The van der Waals surface area contributed by atoms with Crippen LogP contribution in [0.4, 0.5) is 0 Å². The SMILES string of the molecule is CCOCCOc1cc(C)ccc1CNC(=NC)NCC(OC)c1ccccc1.I. The first kappa shape index (κ1) is 26.2. The molecular weight excluding hydrogens is 493 g/mol. The smallest absolute Gasteiger partial charge is 0.191 e. The highest BCUT2D eigenvalue weighted by Crippen LogP contribution is 2.20. The topological polar surface area (TPSA) is 64.1 Å². The molecule has 166 valence electrons. The Hall–Kier alpha value is -1.84. The molecule has 2 aromatic carbocycles. The molecule has 0 heterocycles. The van der Waals surface area contributed by atoms with Gasteiger partial charge in [0.05, 0.1) is 12.7 Å². The van der Waals surface area contributed by atoms with E-state index in [1.54, 1.807) is 14.2 Å². The molecule has 6 nitrogen and oxygen atoms in total. The highest BCUT2D eigenvalue weighted by atomic mass is 127. The Bertz CT molecular complexity index is 757. The third-order valence-corrected chi connectivity index (χ3v) is 4.49. The second-order valence-electron chi connectivity index (χ2n) is 6.60. The largest absolute Gasteiger partial charge is 0.491 e. The van der Waals surface area contributed by atoms with Crippen LogP contribution in [0.3, 0.4) is 0 Å². The van der Waals surface area contributed by atoms with Gasteiger partial charge in [0.15, 0.2) is 5.96 Å². The minimum Gasteiger partial charge on any atom is -0.491 e. The van der Waals surface area contributed by atoms with E-state index in [0.717, 1.165) is 22.4 Å². The summed E-state index contributed by atoms with van der Waals surface area (Å²) in [6.45, 7) is 7.06. The van der Waals surface area contributed by atoms with Crippen LogP contribution in [0.1, 0.15) is 29.7 Å². The molecule has 2 N–H and O–H groups in total. The third-order valence-electron chi connectivity index (χ3n) is 4.49. The molecule has 2 rings (SSSR count). The lowest BCUT2D eigenvalue weighted by Gasteiger charge is -2.19. The van der Waals surface area contributed by atoms with Crippen LogP contribution in [-0.4, -0.2) is 46.5 Å². The fourth-order valence-electron chi connectivity index (χ4n) is 2.89. The lowest BCUT2D eigenvalue weighted by molar-refractivity contribution is 0.106. The van der Waals surface area contributed by atoms with E-state index in [1.807, 2.05) is 25.1 Å². The van der Waals surface area contributed by atoms with Crippen molar-refractivity contribution in [2.45, 2.75) is 26.5 Å². The van der Waals surface area contributed by atoms with Crippen LogP contribution in [0.5, 0.6) is 5.75 Å². The fraction of sp³-hybridized carbons (Fsp3) is 0.435. The van der Waals surface area contributed by atoms with E-state index in [9.17, 15) is 0 Å². The monoisotopic (exact) mass is 527 g/mol. The summed E-state index contributed by atoms with van der Waals surface area (Å²) in [4.78, 5) is 4.31. The normalized spacial score (nSPS) is 12.1. The minimum absolute atomic E-state index is 0. The summed E-state index contributed by atoms with van der Waals surface area (Å²) in [5.41, 5.74) is 3.36. The van der Waals surface area contributed by atoms with Crippen molar-refractivity contribution in [1.29, 1.82) is 0 Å². The van der Waals surface area contributed by atoms with Crippen LogP contribution in [0.15, 0.2) is 53.5 Å². The van der Waals surface area contributed by atoms with Crippen LogP contribution in [0.2, 0.25) is 0 Å². The second kappa shape index (κ2) is 15.0. The van der Waals surface area contributed by atoms with Crippen molar-refractivity contribution in [3.05, 3.63) is 65.2 Å². The molecule has 0 amide bonds. The number of methoxy groups -OCH3 is 1. The molecular formula is C23H34IN3O3. The summed E-state index contributed by atoms with van der Waals surface area (Å²) in [6, 6.07) is 16.4. The lowest BCUT2D eigenvalue weighted by atomic mass is 10.1. The first-order valence-electron chi connectivity index (χ1n) is 10.00. The average molecular weight is 527 g/mol. The van der Waals surface area contributed by atoms with Crippen LogP contribution in [-0.2, 0) is 16.0 Å². The van der Waals surface area contributed by atoms with Crippen molar-refractivity contribution in [2.24, 2.45) is 4.99 Å². The van der Waals surface area contributed by atoms with Crippen molar-refractivity contribution in [1.82, 2.24) is 10.6 Å². The first-order valence-corrected chi connectivity index (χ1v) is 10.00. The first-order chi connectivity index (χ1) is 14.2. The van der Waals surface area contributed by atoms with Gasteiger partial charge in [0.2, 0.25) is 0 Å². The van der Waals surface area contributed by atoms with Crippen molar-refractivity contribution >= 4 is 29.9 Å². The zero-order valence-electron chi connectivity index (χ0n) is 18.3. The number of hydrogen-bond donors (Lipinski definition) is 2. The van der Waals surface area contributed by atoms with E-state index in [1.165, 1.54) is 0 Å². The van der Waals surface area contributed by atoms with E-state index in [-0.39, 0.29) is 30.1 Å². The maximum absolute atomic E-state index is 5.91. The summed E-state index contributed by atoms with van der Waals surface area (Å²) in [5.74, 6) is 1.58. The lowest BCUT2D eigenvalue weighted by Crippen LogP contribution is -2.39. The third kappa shape index (κ3) is 8.89. The molecule has 0 aliphatic carbocycles. The Morgan fingerprint density at radius 2 is 1.83 bits per heavy atom. The van der Waals surface area contributed by atoms with E-state index >= 15 is 0 Å². The van der Waals surface area contributed by atoms with Gasteiger partial charge < -0.3 is 24.8 Å². The quantitative estimate of drug-likeness (QED) is 0.200. The number of aryl methyl sites for hydroxylation is 1. The van der Waals surface area contributed by atoms with E-state index in [0.29, 0.717) is 38.9 Å². The number of hydrogen-bond acceptors (Lipinski definition) is 4.